The monoisotopic (exact) mass is 402 g/mol. The van der Waals surface area contributed by atoms with Gasteiger partial charge in [0.25, 0.3) is 0 Å². The SMILES string of the molecule is CC(C)(C)CC(C)(C)NC(=O)C(=O)Nc1ccc(I)cc1. The molecule has 0 aliphatic carbocycles. The van der Waals surface area contributed by atoms with Crippen molar-refractivity contribution in [2.45, 2.75) is 46.6 Å². The standard InChI is InChI=1S/C16H23IN2O2/c1-15(2,3)10-16(4,5)19-14(21)13(20)18-12-8-6-11(17)7-9-12/h6-9H,10H2,1-5H3,(H,18,20)(H,19,21). The summed E-state index contributed by atoms with van der Waals surface area (Å²) in [6.07, 6.45) is 0.780. The quantitative estimate of drug-likeness (QED) is 0.600. The first kappa shape index (κ1) is 17.9. The van der Waals surface area contributed by atoms with Crippen LogP contribution in [0.2, 0.25) is 0 Å². The zero-order valence-electron chi connectivity index (χ0n) is 13.2. The predicted molar refractivity (Wildman–Crippen MR) is 94.1 cm³/mol. The first-order valence-corrected chi connectivity index (χ1v) is 7.95. The summed E-state index contributed by atoms with van der Waals surface area (Å²) in [6.45, 7) is 10.2. The number of amides is 2. The minimum Gasteiger partial charge on any atom is -0.343 e. The Morgan fingerprint density at radius 2 is 1.52 bits per heavy atom. The zero-order chi connectivity index (χ0) is 16.3. The fourth-order valence-electron chi connectivity index (χ4n) is 2.46. The van der Waals surface area contributed by atoms with Crippen molar-refractivity contribution in [2.24, 2.45) is 5.41 Å². The highest BCUT2D eigenvalue weighted by Crippen LogP contribution is 2.26. The maximum atomic E-state index is 12.0. The molecule has 0 fully saturated rings. The number of anilines is 1. The minimum absolute atomic E-state index is 0.0728. The number of nitrogens with one attached hydrogen (secondary N) is 2. The highest BCUT2D eigenvalue weighted by atomic mass is 127. The molecule has 1 aromatic carbocycles. The van der Waals surface area contributed by atoms with E-state index in [1.54, 1.807) is 12.1 Å². The summed E-state index contributed by atoms with van der Waals surface area (Å²) in [5, 5.41) is 5.39. The Labute approximate surface area is 140 Å². The summed E-state index contributed by atoms with van der Waals surface area (Å²) in [7, 11) is 0. The smallest absolute Gasteiger partial charge is 0.313 e. The number of benzene rings is 1. The summed E-state index contributed by atoms with van der Waals surface area (Å²) in [5.41, 5.74) is 0.256. The average Bonchev–Trinajstić information content (AvgIpc) is 2.28. The van der Waals surface area contributed by atoms with Gasteiger partial charge in [-0.1, -0.05) is 20.8 Å². The van der Waals surface area contributed by atoms with Gasteiger partial charge in [-0.05, 0) is 72.5 Å². The Bertz CT molecular complexity index is 516. The van der Waals surface area contributed by atoms with Crippen molar-refractivity contribution in [3.8, 4) is 0 Å². The molecule has 2 N–H and O–H groups in total. The van der Waals surface area contributed by atoms with Gasteiger partial charge < -0.3 is 10.6 Å². The molecule has 0 aliphatic rings. The second kappa shape index (κ2) is 6.77. The number of rotatable bonds is 3. The molecule has 0 spiro atoms. The lowest BCUT2D eigenvalue weighted by Crippen LogP contribution is -2.49. The van der Waals surface area contributed by atoms with Crippen molar-refractivity contribution < 1.29 is 9.59 Å². The van der Waals surface area contributed by atoms with E-state index in [4.69, 9.17) is 0 Å². The van der Waals surface area contributed by atoms with Gasteiger partial charge in [0.2, 0.25) is 0 Å². The minimum atomic E-state index is -0.641. The Kier molecular flexibility index (Phi) is 5.78. The highest BCUT2D eigenvalue weighted by Gasteiger charge is 2.29. The van der Waals surface area contributed by atoms with Crippen molar-refractivity contribution in [3.05, 3.63) is 27.8 Å². The molecule has 0 saturated heterocycles. The van der Waals surface area contributed by atoms with Gasteiger partial charge in [-0.2, -0.15) is 0 Å². The number of carbonyl (C=O) groups is 2. The summed E-state index contributed by atoms with van der Waals surface area (Å²) >= 11 is 2.18. The maximum Gasteiger partial charge on any atom is 0.313 e. The van der Waals surface area contributed by atoms with Crippen LogP contribution >= 0.6 is 22.6 Å². The van der Waals surface area contributed by atoms with E-state index in [-0.39, 0.29) is 5.41 Å². The van der Waals surface area contributed by atoms with Gasteiger partial charge in [0, 0.05) is 14.8 Å². The number of hydrogen-bond donors (Lipinski definition) is 2. The molecule has 0 unspecified atom stereocenters. The van der Waals surface area contributed by atoms with Crippen LogP contribution in [0.15, 0.2) is 24.3 Å². The van der Waals surface area contributed by atoms with Crippen molar-refractivity contribution in [3.63, 3.8) is 0 Å². The molecule has 0 bridgehead atoms. The third kappa shape index (κ3) is 6.93. The molecule has 0 saturated carbocycles. The van der Waals surface area contributed by atoms with E-state index in [0.717, 1.165) is 9.99 Å². The van der Waals surface area contributed by atoms with Crippen LogP contribution in [-0.2, 0) is 9.59 Å². The Morgan fingerprint density at radius 1 is 1.00 bits per heavy atom. The van der Waals surface area contributed by atoms with Crippen molar-refractivity contribution in [1.82, 2.24) is 5.32 Å². The first-order chi connectivity index (χ1) is 9.48. The zero-order valence-corrected chi connectivity index (χ0v) is 15.4. The number of hydrogen-bond acceptors (Lipinski definition) is 2. The van der Waals surface area contributed by atoms with Gasteiger partial charge in [0.1, 0.15) is 0 Å². The van der Waals surface area contributed by atoms with Gasteiger partial charge in [-0.3, -0.25) is 9.59 Å². The Morgan fingerprint density at radius 3 is 2.00 bits per heavy atom. The topological polar surface area (TPSA) is 58.2 Å². The van der Waals surface area contributed by atoms with Crippen LogP contribution in [0.5, 0.6) is 0 Å². The fourth-order valence-corrected chi connectivity index (χ4v) is 2.81. The largest absolute Gasteiger partial charge is 0.343 e. The van der Waals surface area contributed by atoms with Gasteiger partial charge in [0.15, 0.2) is 0 Å². The molecule has 0 aliphatic heterocycles. The van der Waals surface area contributed by atoms with Crippen LogP contribution < -0.4 is 10.6 Å². The Balaban J connectivity index is 2.62. The second-order valence-electron chi connectivity index (χ2n) is 7.04. The molecule has 2 amide bonds. The second-order valence-corrected chi connectivity index (χ2v) is 8.28. The highest BCUT2D eigenvalue weighted by molar-refractivity contribution is 14.1. The lowest BCUT2D eigenvalue weighted by Gasteiger charge is -2.33. The van der Waals surface area contributed by atoms with Gasteiger partial charge in [0.05, 0.1) is 0 Å². The predicted octanol–water partition coefficient (Wildman–Crippen LogP) is 3.56. The average molecular weight is 402 g/mol. The van der Waals surface area contributed by atoms with Crippen LogP contribution in [0.25, 0.3) is 0 Å². The molecule has 5 heteroatoms. The lowest BCUT2D eigenvalue weighted by molar-refractivity contribution is -0.137. The molecule has 4 nitrogen and oxygen atoms in total. The summed E-state index contributed by atoms with van der Waals surface area (Å²) in [6, 6.07) is 7.29. The van der Waals surface area contributed by atoms with Crippen LogP contribution in [0.4, 0.5) is 5.69 Å². The van der Waals surface area contributed by atoms with E-state index in [0.29, 0.717) is 5.69 Å². The van der Waals surface area contributed by atoms with Gasteiger partial charge >= 0.3 is 11.8 Å². The van der Waals surface area contributed by atoms with Crippen LogP contribution in [-0.4, -0.2) is 17.4 Å². The molecule has 0 radical (unpaired) electrons. The molecule has 21 heavy (non-hydrogen) atoms. The summed E-state index contributed by atoms with van der Waals surface area (Å²) in [4.78, 5) is 23.9. The van der Waals surface area contributed by atoms with E-state index in [9.17, 15) is 9.59 Å². The van der Waals surface area contributed by atoms with Crippen molar-refractivity contribution in [1.29, 1.82) is 0 Å². The van der Waals surface area contributed by atoms with Crippen molar-refractivity contribution >= 4 is 40.1 Å². The lowest BCUT2D eigenvalue weighted by atomic mass is 9.82. The molecule has 0 heterocycles. The van der Waals surface area contributed by atoms with E-state index >= 15 is 0 Å². The molecule has 1 rings (SSSR count). The van der Waals surface area contributed by atoms with E-state index in [1.807, 2.05) is 26.0 Å². The van der Waals surface area contributed by atoms with Crippen LogP contribution in [0, 0.1) is 8.99 Å². The summed E-state index contributed by atoms with van der Waals surface area (Å²) < 4.78 is 1.07. The molecule has 116 valence electrons. The summed E-state index contributed by atoms with van der Waals surface area (Å²) in [5.74, 6) is -1.25. The van der Waals surface area contributed by atoms with E-state index < -0.39 is 17.4 Å². The van der Waals surface area contributed by atoms with E-state index in [1.165, 1.54) is 0 Å². The molecule has 0 aromatic heterocycles. The normalized spacial score (nSPS) is 11.9. The number of carbonyl (C=O) groups excluding carboxylic acids is 2. The van der Waals surface area contributed by atoms with Gasteiger partial charge in [-0.25, -0.2) is 0 Å². The molecular formula is C16H23IN2O2. The van der Waals surface area contributed by atoms with Crippen molar-refractivity contribution in [2.75, 3.05) is 5.32 Å². The maximum absolute atomic E-state index is 12.0. The molecule has 0 atom stereocenters. The van der Waals surface area contributed by atoms with Gasteiger partial charge in [-0.15, -0.1) is 0 Å². The Hall–Kier alpha value is -1.11. The number of halogens is 1. The molecule has 1 aromatic rings. The third-order valence-corrected chi connectivity index (χ3v) is 3.45. The third-order valence-electron chi connectivity index (χ3n) is 2.73. The molecular weight excluding hydrogens is 379 g/mol. The van der Waals surface area contributed by atoms with Crippen LogP contribution in [0.1, 0.15) is 41.0 Å². The fraction of sp³-hybridized carbons (Fsp3) is 0.500. The van der Waals surface area contributed by atoms with Crippen LogP contribution in [0.3, 0.4) is 0 Å². The first-order valence-electron chi connectivity index (χ1n) is 6.88. The van der Waals surface area contributed by atoms with E-state index in [2.05, 4.69) is 54.0 Å².